The van der Waals surface area contributed by atoms with Crippen molar-refractivity contribution in [2.45, 2.75) is 26.9 Å². The number of thiazole rings is 1. The number of aryl methyl sites for hydroxylation is 2. The Hall–Kier alpha value is -1.92. The Balaban J connectivity index is 1.61. The van der Waals surface area contributed by atoms with Gasteiger partial charge in [-0.1, -0.05) is 0 Å². The standard InChI is InChI=1S/C15H18N4OS/c1-10-13(11(2)19(3)18-10)9-16-7-12-8-17-15(21-12)14-5-4-6-20-14/h4-6,8,16H,7,9H2,1-3H3. The molecular formula is C15H18N4OS. The van der Waals surface area contributed by atoms with Gasteiger partial charge in [-0.25, -0.2) is 4.98 Å². The van der Waals surface area contributed by atoms with Gasteiger partial charge in [0, 0.05) is 42.5 Å². The molecule has 0 aliphatic carbocycles. The summed E-state index contributed by atoms with van der Waals surface area (Å²) in [6, 6.07) is 3.81. The highest BCUT2D eigenvalue weighted by Crippen LogP contribution is 2.25. The number of furan rings is 1. The Morgan fingerprint density at radius 1 is 1.33 bits per heavy atom. The van der Waals surface area contributed by atoms with E-state index in [1.807, 2.05) is 37.0 Å². The van der Waals surface area contributed by atoms with Gasteiger partial charge in [-0.15, -0.1) is 11.3 Å². The lowest BCUT2D eigenvalue weighted by Crippen LogP contribution is -2.13. The fourth-order valence-electron chi connectivity index (χ4n) is 2.29. The van der Waals surface area contributed by atoms with Crippen molar-refractivity contribution in [1.29, 1.82) is 0 Å². The van der Waals surface area contributed by atoms with Crippen molar-refractivity contribution in [3.63, 3.8) is 0 Å². The van der Waals surface area contributed by atoms with Crippen LogP contribution in [0.1, 0.15) is 21.8 Å². The van der Waals surface area contributed by atoms with Gasteiger partial charge in [0.1, 0.15) is 0 Å². The number of rotatable bonds is 5. The third-order valence-corrected chi connectivity index (χ3v) is 4.56. The summed E-state index contributed by atoms with van der Waals surface area (Å²) in [5.74, 6) is 0.824. The molecule has 0 saturated carbocycles. The fraction of sp³-hybridized carbons (Fsp3) is 0.333. The smallest absolute Gasteiger partial charge is 0.162 e. The summed E-state index contributed by atoms with van der Waals surface area (Å²) < 4.78 is 7.28. The third-order valence-electron chi connectivity index (χ3n) is 3.55. The molecular weight excluding hydrogens is 284 g/mol. The Labute approximate surface area is 127 Å². The minimum atomic E-state index is 0.798. The molecule has 6 heteroatoms. The van der Waals surface area contributed by atoms with Crippen molar-refractivity contribution in [2.75, 3.05) is 0 Å². The maximum absolute atomic E-state index is 5.36. The highest BCUT2D eigenvalue weighted by atomic mass is 32.1. The second kappa shape index (κ2) is 5.83. The molecule has 110 valence electrons. The van der Waals surface area contributed by atoms with Crippen LogP contribution in [0.3, 0.4) is 0 Å². The number of hydrogen-bond acceptors (Lipinski definition) is 5. The molecule has 0 atom stereocenters. The minimum Gasteiger partial charge on any atom is -0.462 e. The molecule has 3 heterocycles. The second-order valence-corrected chi connectivity index (χ2v) is 6.10. The van der Waals surface area contributed by atoms with Gasteiger partial charge in [-0.2, -0.15) is 5.10 Å². The molecule has 21 heavy (non-hydrogen) atoms. The van der Waals surface area contributed by atoms with Gasteiger partial charge in [0.15, 0.2) is 10.8 Å². The highest BCUT2D eigenvalue weighted by molar-refractivity contribution is 7.14. The van der Waals surface area contributed by atoms with Crippen LogP contribution < -0.4 is 5.32 Å². The summed E-state index contributed by atoms with van der Waals surface area (Å²) in [6.07, 6.45) is 3.57. The van der Waals surface area contributed by atoms with Crippen molar-refractivity contribution in [1.82, 2.24) is 20.1 Å². The predicted molar refractivity (Wildman–Crippen MR) is 83.0 cm³/mol. The van der Waals surface area contributed by atoms with E-state index in [4.69, 9.17) is 4.42 Å². The van der Waals surface area contributed by atoms with Gasteiger partial charge in [-0.3, -0.25) is 4.68 Å². The first kappa shape index (κ1) is 14.0. The van der Waals surface area contributed by atoms with Gasteiger partial charge in [0.25, 0.3) is 0 Å². The molecule has 0 radical (unpaired) electrons. The second-order valence-electron chi connectivity index (χ2n) is 4.99. The largest absolute Gasteiger partial charge is 0.462 e. The first-order chi connectivity index (χ1) is 10.1. The first-order valence-corrected chi connectivity index (χ1v) is 7.65. The van der Waals surface area contributed by atoms with E-state index >= 15 is 0 Å². The van der Waals surface area contributed by atoms with Gasteiger partial charge in [0.05, 0.1) is 12.0 Å². The Morgan fingerprint density at radius 2 is 2.19 bits per heavy atom. The Morgan fingerprint density at radius 3 is 2.86 bits per heavy atom. The topological polar surface area (TPSA) is 55.9 Å². The van der Waals surface area contributed by atoms with Gasteiger partial charge in [-0.05, 0) is 26.0 Å². The third kappa shape index (κ3) is 2.91. The van der Waals surface area contributed by atoms with Crippen LogP contribution in [0.15, 0.2) is 29.0 Å². The molecule has 0 aromatic carbocycles. The average molecular weight is 302 g/mol. The Kier molecular flexibility index (Phi) is 3.90. The summed E-state index contributed by atoms with van der Waals surface area (Å²) in [7, 11) is 1.98. The summed E-state index contributed by atoms with van der Waals surface area (Å²) in [5, 5.41) is 8.81. The summed E-state index contributed by atoms with van der Waals surface area (Å²) in [6.45, 7) is 5.76. The maximum Gasteiger partial charge on any atom is 0.162 e. The molecule has 0 bridgehead atoms. The van der Waals surface area contributed by atoms with Crippen molar-refractivity contribution < 1.29 is 4.42 Å². The van der Waals surface area contributed by atoms with Crippen LogP contribution >= 0.6 is 11.3 Å². The van der Waals surface area contributed by atoms with Gasteiger partial charge < -0.3 is 9.73 Å². The van der Waals surface area contributed by atoms with Crippen LogP contribution in [0.4, 0.5) is 0 Å². The van der Waals surface area contributed by atoms with Crippen molar-refractivity contribution >= 4 is 11.3 Å². The molecule has 0 fully saturated rings. The van der Waals surface area contributed by atoms with E-state index in [0.29, 0.717) is 0 Å². The van der Waals surface area contributed by atoms with Crippen molar-refractivity contribution in [2.24, 2.45) is 7.05 Å². The number of aromatic nitrogens is 3. The van der Waals surface area contributed by atoms with E-state index in [0.717, 1.165) is 29.6 Å². The van der Waals surface area contributed by atoms with Gasteiger partial charge >= 0.3 is 0 Å². The molecule has 3 aromatic rings. The average Bonchev–Trinajstić information content (AvgIpc) is 3.16. The van der Waals surface area contributed by atoms with E-state index < -0.39 is 0 Å². The van der Waals surface area contributed by atoms with Crippen LogP contribution in [0.5, 0.6) is 0 Å². The molecule has 3 aromatic heterocycles. The number of hydrogen-bond donors (Lipinski definition) is 1. The SMILES string of the molecule is Cc1nn(C)c(C)c1CNCc1cnc(-c2ccco2)s1. The lowest BCUT2D eigenvalue weighted by atomic mass is 10.2. The van der Waals surface area contributed by atoms with Crippen LogP contribution in [-0.4, -0.2) is 14.8 Å². The van der Waals surface area contributed by atoms with Crippen LogP contribution in [0.25, 0.3) is 10.8 Å². The van der Waals surface area contributed by atoms with E-state index in [-0.39, 0.29) is 0 Å². The monoisotopic (exact) mass is 302 g/mol. The van der Waals surface area contributed by atoms with Crippen molar-refractivity contribution in [3.8, 4) is 10.8 Å². The highest BCUT2D eigenvalue weighted by Gasteiger charge is 2.10. The molecule has 0 aliphatic heterocycles. The quantitative estimate of drug-likeness (QED) is 0.787. The molecule has 0 amide bonds. The summed E-state index contributed by atoms with van der Waals surface area (Å²) >= 11 is 1.65. The summed E-state index contributed by atoms with van der Waals surface area (Å²) in [5.41, 5.74) is 3.57. The van der Waals surface area contributed by atoms with Gasteiger partial charge in [0.2, 0.25) is 0 Å². The van der Waals surface area contributed by atoms with Crippen LogP contribution in [0, 0.1) is 13.8 Å². The Bertz CT molecular complexity index is 727. The van der Waals surface area contributed by atoms with Crippen LogP contribution in [0.2, 0.25) is 0 Å². The number of nitrogens with one attached hydrogen (secondary N) is 1. The zero-order valence-electron chi connectivity index (χ0n) is 12.4. The van der Waals surface area contributed by atoms with Crippen LogP contribution in [-0.2, 0) is 20.1 Å². The molecule has 0 aliphatic rings. The fourth-order valence-corrected chi connectivity index (χ4v) is 3.14. The molecule has 0 spiro atoms. The molecule has 5 nitrogen and oxygen atoms in total. The lowest BCUT2D eigenvalue weighted by molar-refractivity contribution is 0.582. The van der Waals surface area contributed by atoms with E-state index in [1.165, 1.54) is 16.1 Å². The zero-order chi connectivity index (χ0) is 14.8. The van der Waals surface area contributed by atoms with E-state index in [9.17, 15) is 0 Å². The zero-order valence-corrected chi connectivity index (χ0v) is 13.2. The molecule has 3 rings (SSSR count). The van der Waals surface area contributed by atoms with E-state index in [1.54, 1.807) is 17.6 Å². The minimum absolute atomic E-state index is 0.798. The predicted octanol–water partition coefficient (Wildman–Crippen LogP) is 3.04. The maximum atomic E-state index is 5.36. The molecule has 0 unspecified atom stereocenters. The normalized spacial score (nSPS) is 11.2. The van der Waals surface area contributed by atoms with E-state index in [2.05, 4.69) is 22.3 Å². The lowest BCUT2D eigenvalue weighted by Gasteiger charge is -2.03. The number of nitrogens with zero attached hydrogens (tertiary/aromatic N) is 3. The summed E-state index contributed by atoms with van der Waals surface area (Å²) in [4.78, 5) is 5.59. The molecule has 0 saturated heterocycles. The van der Waals surface area contributed by atoms with Crippen molar-refractivity contribution in [3.05, 3.63) is 46.4 Å². The molecule has 1 N–H and O–H groups in total. The first-order valence-electron chi connectivity index (χ1n) is 6.83.